The first-order chi connectivity index (χ1) is 7.07. The number of nitrogens with one attached hydrogen (secondary N) is 1. The van der Waals surface area contributed by atoms with Crippen LogP contribution in [0.25, 0.3) is 0 Å². The van der Waals surface area contributed by atoms with Gasteiger partial charge in [-0.05, 0) is 31.6 Å². The van der Waals surface area contributed by atoms with Gasteiger partial charge in [0.25, 0.3) is 0 Å². The number of hydrogen-bond acceptors (Lipinski definition) is 4. The molecule has 2 fully saturated rings. The summed E-state index contributed by atoms with van der Waals surface area (Å²) in [6.45, 7) is 0.620. The molecule has 4 nitrogen and oxygen atoms in total. The van der Waals surface area contributed by atoms with Crippen molar-refractivity contribution in [2.45, 2.75) is 37.8 Å². The third-order valence-electron chi connectivity index (χ3n) is 3.34. The van der Waals surface area contributed by atoms with Crippen molar-refractivity contribution in [2.75, 3.05) is 18.1 Å². The van der Waals surface area contributed by atoms with Crippen molar-refractivity contribution in [1.82, 2.24) is 5.32 Å². The fourth-order valence-electron chi connectivity index (χ4n) is 2.03. The van der Waals surface area contributed by atoms with Gasteiger partial charge >= 0.3 is 0 Å². The number of aliphatic hydroxyl groups excluding tert-OH is 1. The van der Waals surface area contributed by atoms with Crippen LogP contribution in [0.15, 0.2) is 0 Å². The van der Waals surface area contributed by atoms with Crippen LogP contribution in [0.2, 0.25) is 0 Å². The monoisotopic (exact) mass is 233 g/mol. The van der Waals surface area contributed by atoms with Crippen molar-refractivity contribution in [3.63, 3.8) is 0 Å². The predicted molar refractivity (Wildman–Crippen MR) is 58.4 cm³/mol. The van der Waals surface area contributed by atoms with Gasteiger partial charge in [0.1, 0.15) is 9.84 Å². The third-order valence-corrected chi connectivity index (χ3v) is 5.05. The lowest BCUT2D eigenvalue weighted by atomic mass is 9.96. The fraction of sp³-hybridized carbons (Fsp3) is 1.00. The van der Waals surface area contributed by atoms with Crippen LogP contribution in [0.5, 0.6) is 0 Å². The van der Waals surface area contributed by atoms with E-state index in [1.807, 2.05) is 0 Å². The van der Waals surface area contributed by atoms with Gasteiger partial charge in [-0.2, -0.15) is 0 Å². The van der Waals surface area contributed by atoms with Gasteiger partial charge in [0.15, 0.2) is 0 Å². The first-order valence-electron chi connectivity index (χ1n) is 5.69. The van der Waals surface area contributed by atoms with Crippen LogP contribution in [0.4, 0.5) is 0 Å². The van der Waals surface area contributed by atoms with E-state index >= 15 is 0 Å². The SMILES string of the molecule is O=S1(=O)CCC(C(O)CNC2CC2)CC1. The maximum atomic E-state index is 11.2. The Morgan fingerprint density at radius 1 is 1.20 bits per heavy atom. The summed E-state index contributed by atoms with van der Waals surface area (Å²) in [5.41, 5.74) is 0. The van der Waals surface area contributed by atoms with Crippen molar-refractivity contribution >= 4 is 9.84 Å². The van der Waals surface area contributed by atoms with E-state index in [4.69, 9.17) is 0 Å². The fourth-order valence-corrected chi connectivity index (χ4v) is 3.56. The van der Waals surface area contributed by atoms with Gasteiger partial charge in [-0.3, -0.25) is 0 Å². The minimum absolute atomic E-state index is 0.166. The molecule has 2 rings (SSSR count). The molecule has 0 bridgehead atoms. The van der Waals surface area contributed by atoms with Crippen LogP contribution in [0.3, 0.4) is 0 Å². The second-order valence-electron chi connectivity index (χ2n) is 4.74. The van der Waals surface area contributed by atoms with E-state index in [9.17, 15) is 13.5 Å². The molecular formula is C10H19NO3S. The maximum Gasteiger partial charge on any atom is 0.150 e. The Bertz CT molecular complexity index is 297. The lowest BCUT2D eigenvalue weighted by Gasteiger charge is -2.26. The Labute approximate surface area is 91.0 Å². The van der Waals surface area contributed by atoms with Crippen molar-refractivity contribution < 1.29 is 13.5 Å². The van der Waals surface area contributed by atoms with E-state index in [0.29, 0.717) is 25.4 Å². The molecule has 1 saturated carbocycles. The number of sulfone groups is 1. The Morgan fingerprint density at radius 2 is 1.80 bits per heavy atom. The van der Waals surface area contributed by atoms with Gasteiger partial charge in [-0.15, -0.1) is 0 Å². The third kappa shape index (κ3) is 3.43. The van der Waals surface area contributed by atoms with Crippen LogP contribution in [0, 0.1) is 5.92 Å². The summed E-state index contributed by atoms with van der Waals surface area (Å²) in [5, 5.41) is 13.1. The van der Waals surface area contributed by atoms with Crippen molar-refractivity contribution in [1.29, 1.82) is 0 Å². The second kappa shape index (κ2) is 4.39. The minimum Gasteiger partial charge on any atom is -0.392 e. The maximum absolute atomic E-state index is 11.2. The zero-order valence-electron chi connectivity index (χ0n) is 8.85. The molecular weight excluding hydrogens is 214 g/mol. The molecule has 0 radical (unpaired) electrons. The smallest absolute Gasteiger partial charge is 0.150 e. The molecule has 5 heteroatoms. The lowest BCUT2D eigenvalue weighted by molar-refractivity contribution is 0.0999. The standard InChI is InChI=1S/C10H19NO3S/c12-10(7-11-9-1-2-9)8-3-5-15(13,14)6-4-8/h8-12H,1-7H2. The van der Waals surface area contributed by atoms with E-state index in [1.165, 1.54) is 12.8 Å². The van der Waals surface area contributed by atoms with Gasteiger partial charge in [-0.1, -0.05) is 0 Å². The highest BCUT2D eigenvalue weighted by Gasteiger charge is 2.29. The van der Waals surface area contributed by atoms with Crippen LogP contribution >= 0.6 is 0 Å². The van der Waals surface area contributed by atoms with Crippen LogP contribution < -0.4 is 5.32 Å². The molecule has 1 atom stereocenters. The summed E-state index contributed by atoms with van der Waals surface area (Å²) in [6.07, 6.45) is 3.30. The van der Waals surface area contributed by atoms with Crippen molar-refractivity contribution in [3.8, 4) is 0 Å². The Hall–Kier alpha value is -0.130. The van der Waals surface area contributed by atoms with Gasteiger partial charge in [0.05, 0.1) is 17.6 Å². The zero-order valence-corrected chi connectivity index (χ0v) is 9.67. The highest BCUT2D eigenvalue weighted by atomic mass is 32.2. The van der Waals surface area contributed by atoms with Crippen molar-refractivity contribution in [3.05, 3.63) is 0 Å². The van der Waals surface area contributed by atoms with Gasteiger partial charge < -0.3 is 10.4 Å². The van der Waals surface area contributed by atoms with E-state index in [2.05, 4.69) is 5.32 Å². The molecule has 2 aliphatic rings. The highest BCUT2D eigenvalue weighted by Crippen LogP contribution is 2.23. The average Bonchev–Trinajstić information content (AvgIpc) is 2.97. The number of hydrogen-bond donors (Lipinski definition) is 2. The molecule has 0 aromatic carbocycles. The van der Waals surface area contributed by atoms with Gasteiger partial charge in [0.2, 0.25) is 0 Å². The van der Waals surface area contributed by atoms with Crippen LogP contribution in [0.1, 0.15) is 25.7 Å². The molecule has 1 heterocycles. The predicted octanol–water partition coefficient (Wildman–Crippen LogP) is -0.0759. The molecule has 2 N–H and O–H groups in total. The molecule has 1 aliphatic heterocycles. The first-order valence-corrected chi connectivity index (χ1v) is 7.51. The summed E-state index contributed by atoms with van der Waals surface area (Å²) < 4.78 is 22.4. The normalized spacial score (nSPS) is 28.9. The van der Waals surface area contributed by atoms with Crippen LogP contribution in [-0.4, -0.2) is 43.7 Å². The van der Waals surface area contributed by atoms with E-state index < -0.39 is 9.84 Å². The molecule has 1 aliphatic carbocycles. The summed E-state index contributed by atoms with van der Waals surface area (Å²) >= 11 is 0. The second-order valence-corrected chi connectivity index (χ2v) is 7.04. The van der Waals surface area contributed by atoms with Gasteiger partial charge in [-0.25, -0.2) is 8.42 Å². The number of aliphatic hydroxyl groups is 1. The summed E-state index contributed by atoms with van der Waals surface area (Å²) in [7, 11) is -2.80. The molecule has 88 valence electrons. The molecule has 0 aromatic heterocycles. The zero-order chi connectivity index (χ0) is 10.9. The Balaban J connectivity index is 1.73. The molecule has 1 unspecified atom stereocenters. The first kappa shape index (κ1) is 11.4. The Morgan fingerprint density at radius 3 is 2.33 bits per heavy atom. The topological polar surface area (TPSA) is 66.4 Å². The minimum atomic E-state index is -2.80. The van der Waals surface area contributed by atoms with E-state index in [0.717, 1.165) is 0 Å². The molecule has 0 aromatic rings. The van der Waals surface area contributed by atoms with Gasteiger partial charge in [0, 0.05) is 12.6 Å². The lowest BCUT2D eigenvalue weighted by Crippen LogP contribution is -2.38. The highest BCUT2D eigenvalue weighted by molar-refractivity contribution is 7.91. The summed E-state index contributed by atoms with van der Waals surface area (Å²) in [4.78, 5) is 0. The number of rotatable bonds is 4. The Kier molecular flexibility index (Phi) is 3.33. The summed E-state index contributed by atoms with van der Waals surface area (Å²) in [6, 6.07) is 0.604. The van der Waals surface area contributed by atoms with E-state index in [-0.39, 0.29) is 23.5 Å². The average molecular weight is 233 g/mol. The largest absolute Gasteiger partial charge is 0.392 e. The molecule has 0 amide bonds. The quantitative estimate of drug-likeness (QED) is 0.713. The van der Waals surface area contributed by atoms with Crippen molar-refractivity contribution in [2.24, 2.45) is 5.92 Å². The molecule has 1 saturated heterocycles. The molecule has 0 spiro atoms. The molecule has 15 heavy (non-hydrogen) atoms. The van der Waals surface area contributed by atoms with E-state index in [1.54, 1.807) is 0 Å². The van der Waals surface area contributed by atoms with Crippen LogP contribution in [-0.2, 0) is 9.84 Å². The summed E-state index contributed by atoms with van der Waals surface area (Å²) in [5.74, 6) is 0.663.